The zero-order valence-corrected chi connectivity index (χ0v) is 13.4. The molecule has 2 nitrogen and oxygen atoms in total. The molecule has 102 valence electrons. The second kappa shape index (κ2) is 7.07. The van der Waals surface area contributed by atoms with Crippen molar-refractivity contribution in [3.63, 3.8) is 0 Å². The smallest absolute Gasteiger partial charge is 0.0993 e. The summed E-state index contributed by atoms with van der Waals surface area (Å²) in [7, 11) is -1.10. The number of ether oxygens (including phenoxy) is 1. The van der Waals surface area contributed by atoms with Gasteiger partial charge in [0, 0.05) is 6.54 Å². The van der Waals surface area contributed by atoms with Crippen LogP contribution in [0.15, 0.2) is 30.3 Å². The number of nitrogens with zero attached hydrogens (tertiary/aromatic N) is 1. The Labute approximate surface area is 113 Å². The third kappa shape index (κ3) is 6.94. The Morgan fingerprint density at radius 3 is 2.22 bits per heavy atom. The predicted molar refractivity (Wildman–Crippen MR) is 81.3 cm³/mol. The van der Waals surface area contributed by atoms with Crippen LogP contribution in [-0.4, -0.2) is 32.0 Å². The van der Waals surface area contributed by atoms with Gasteiger partial charge in [0.05, 0.1) is 20.9 Å². The first kappa shape index (κ1) is 15.4. The molecule has 1 aromatic carbocycles. The van der Waals surface area contributed by atoms with Crippen molar-refractivity contribution in [3.05, 3.63) is 35.9 Å². The topological polar surface area (TPSA) is 12.5 Å². The molecule has 0 amide bonds. The van der Waals surface area contributed by atoms with Crippen LogP contribution in [0.2, 0.25) is 19.6 Å². The zero-order valence-electron chi connectivity index (χ0n) is 12.4. The van der Waals surface area contributed by atoms with E-state index in [9.17, 15) is 0 Å². The molecule has 0 aliphatic carbocycles. The SMILES string of the molecule is CC(C)OCN(Cc1ccccc1)C[Si](C)(C)C. The molecule has 0 N–H and O–H groups in total. The maximum Gasteiger partial charge on any atom is 0.0993 e. The minimum atomic E-state index is -1.10. The first-order valence-corrected chi connectivity index (χ1v) is 10.5. The lowest BCUT2D eigenvalue weighted by Crippen LogP contribution is -2.41. The third-order valence-electron chi connectivity index (χ3n) is 2.54. The Morgan fingerprint density at radius 1 is 1.11 bits per heavy atom. The number of hydrogen-bond acceptors (Lipinski definition) is 2. The average molecular weight is 265 g/mol. The van der Waals surface area contributed by atoms with Gasteiger partial charge in [0.25, 0.3) is 0 Å². The van der Waals surface area contributed by atoms with E-state index in [1.807, 2.05) is 0 Å². The molecule has 1 aromatic rings. The minimum Gasteiger partial charge on any atom is -0.363 e. The van der Waals surface area contributed by atoms with E-state index in [1.54, 1.807) is 0 Å². The lowest BCUT2D eigenvalue weighted by molar-refractivity contribution is -0.00318. The van der Waals surface area contributed by atoms with Crippen LogP contribution in [0.25, 0.3) is 0 Å². The van der Waals surface area contributed by atoms with Crippen LogP contribution < -0.4 is 0 Å². The van der Waals surface area contributed by atoms with Gasteiger partial charge in [-0.1, -0.05) is 50.0 Å². The molecule has 3 heteroatoms. The number of rotatable bonds is 7. The summed E-state index contributed by atoms with van der Waals surface area (Å²) in [5.74, 6) is 0. The molecular formula is C15H27NOSi. The molecule has 0 aliphatic rings. The van der Waals surface area contributed by atoms with Crippen molar-refractivity contribution < 1.29 is 4.74 Å². The molecular weight excluding hydrogens is 238 g/mol. The zero-order chi connectivity index (χ0) is 13.6. The molecule has 0 atom stereocenters. The highest BCUT2D eigenvalue weighted by molar-refractivity contribution is 6.76. The molecule has 0 fully saturated rings. The summed E-state index contributed by atoms with van der Waals surface area (Å²) in [6.45, 7) is 13.1. The normalized spacial score (nSPS) is 12.4. The molecule has 0 bridgehead atoms. The number of benzene rings is 1. The molecule has 0 heterocycles. The molecule has 0 radical (unpaired) electrons. The maximum absolute atomic E-state index is 5.77. The van der Waals surface area contributed by atoms with Crippen molar-refractivity contribution >= 4 is 8.07 Å². The summed E-state index contributed by atoms with van der Waals surface area (Å²) in [6, 6.07) is 10.6. The molecule has 0 unspecified atom stereocenters. The quantitative estimate of drug-likeness (QED) is 0.550. The van der Waals surface area contributed by atoms with Crippen LogP contribution in [0.1, 0.15) is 19.4 Å². The fraction of sp³-hybridized carbons (Fsp3) is 0.600. The summed E-state index contributed by atoms with van der Waals surface area (Å²) in [5.41, 5.74) is 1.36. The Bertz CT molecular complexity index is 332. The second-order valence-electron chi connectivity index (χ2n) is 6.38. The number of hydrogen-bond donors (Lipinski definition) is 0. The Hall–Kier alpha value is -0.643. The fourth-order valence-corrected chi connectivity index (χ4v) is 3.46. The molecule has 1 rings (SSSR count). The van der Waals surface area contributed by atoms with E-state index in [-0.39, 0.29) is 0 Å². The first-order chi connectivity index (χ1) is 8.37. The van der Waals surface area contributed by atoms with Crippen molar-refractivity contribution in [1.82, 2.24) is 4.90 Å². The second-order valence-corrected chi connectivity index (χ2v) is 11.8. The maximum atomic E-state index is 5.77. The van der Waals surface area contributed by atoms with Crippen molar-refractivity contribution in [2.24, 2.45) is 0 Å². The lowest BCUT2D eigenvalue weighted by Gasteiger charge is -2.29. The van der Waals surface area contributed by atoms with Crippen LogP contribution in [0.5, 0.6) is 0 Å². The average Bonchev–Trinajstić information content (AvgIpc) is 2.25. The van der Waals surface area contributed by atoms with Gasteiger partial charge in [0.15, 0.2) is 0 Å². The van der Waals surface area contributed by atoms with E-state index in [1.165, 1.54) is 11.7 Å². The highest BCUT2D eigenvalue weighted by atomic mass is 28.3. The van der Waals surface area contributed by atoms with Gasteiger partial charge in [0.1, 0.15) is 0 Å². The van der Waals surface area contributed by atoms with Gasteiger partial charge in [0.2, 0.25) is 0 Å². The van der Waals surface area contributed by atoms with Crippen molar-refractivity contribution in [2.45, 2.75) is 46.1 Å². The summed E-state index contributed by atoms with van der Waals surface area (Å²) in [4.78, 5) is 2.43. The van der Waals surface area contributed by atoms with Gasteiger partial charge in [-0.15, -0.1) is 0 Å². The van der Waals surface area contributed by atoms with E-state index in [4.69, 9.17) is 4.74 Å². The van der Waals surface area contributed by atoms with Gasteiger partial charge < -0.3 is 4.74 Å². The monoisotopic (exact) mass is 265 g/mol. The molecule has 0 spiro atoms. The van der Waals surface area contributed by atoms with Crippen LogP contribution in [0, 0.1) is 0 Å². The Kier molecular flexibility index (Phi) is 6.06. The van der Waals surface area contributed by atoms with Crippen LogP contribution in [-0.2, 0) is 11.3 Å². The molecule has 0 saturated carbocycles. The first-order valence-electron chi connectivity index (χ1n) is 6.75. The minimum absolute atomic E-state index is 0.296. The molecule has 18 heavy (non-hydrogen) atoms. The third-order valence-corrected chi connectivity index (χ3v) is 3.93. The van der Waals surface area contributed by atoms with Crippen LogP contribution in [0.4, 0.5) is 0 Å². The highest BCUT2D eigenvalue weighted by Crippen LogP contribution is 2.10. The largest absolute Gasteiger partial charge is 0.363 e. The Morgan fingerprint density at radius 2 is 1.72 bits per heavy atom. The van der Waals surface area contributed by atoms with E-state index in [0.717, 1.165) is 13.3 Å². The van der Waals surface area contributed by atoms with Gasteiger partial charge in [-0.3, -0.25) is 4.90 Å². The van der Waals surface area contributed by atoms with Crippen LogP contribution >= 0.6 is 0 Å². The van der Waals surface area contributed by atoms with Crippen LogP contribution in [0.3, 0.4) is 0 Å². The standard InChI is InChI=1S/C15H27NOSi/c1-14(2)17-12-16(13-18(3,4)5)11-15-9-7-6-8-10-15/h6-10,14H,11-13H2,1-5H3. The highest BCUT2D eigenvalue weighted by Gasteiger charge is 2.18. The summed E-state index contributed by atoms with van der Waals surface area (Å²) in [6.07, 6.45) is 1.47. The van der Waals surface area contributed by atoms with Gasteiger partial charge >= 0.3 is 0 Å². The van der Waals surface area contributed by atoms with E-state index in [0.29, 0.717) is 6.10 Å². The van der Waals surface area contributed by atoms with Crippen molar-refractivity contribution in [1.29, 1.82) is 0 Å². The summed E-state index contributed by atoms with van der Waals surface area (Å²) < 4.78 is 5.77. The Balaban J connectivity index is 2.59. The molecule has 0 aromatic heterocycles. The molecule has 0 aliphatic heterocycles. The van der Waals surface area contributed by atoms with Gasteiger partial charge in [-0.05, 0) is 25.6 Å². The van der Waals surface area contributed by atoms with E-state index in [2.05, 4.69) is 68.7 Å². The fourth-order valence-electron chi connectivity index (χ4n) is 1.91. The predicted octanol–water partition coefficient (Wildman–Crippen LogP) is 3.75. The molecule has 0 saturated heterocycles. The van der Waals surface area contributed by atoms with Crippen molar-refractivity contribution in [2.75, 3.05) is 12.9 Å². The van der Waals surface area contributed by atoms with Crippen molar-refractivity contribution in [3.8, 4) is 0 Å². The summed E-state index contributed by atoms with van der Waals surface area (Å²) in [5, 5.41) is 0. The van der Waals surface area contributed by atoms with Gasteiger partial charge in [-0.25, -0.2) is 0 Å². The summed E-state index contributed by atoms with van der Waals surface area (Å²) >= 11 is 0. The van der Waals surface area contributed by atoms with E-state index >= 15 is 0 Å². The van der Waals surface area contributed by atoms with Gasteiger partial charge in [-0.2, -0.15) is 0 Å². The van der Waals surface area contributed by atoms with E-state index < -0.39 is 8.07 Å². The lowest BCUT2D eigenvalue weighted by atomic mass is 10.2.